The number of nitrogens with one attached hydrogen (secondary N) is 2. The van der Waals surface area contributed by atoms with Crippen LogP contribution in [-0.2, 0) is 10.0 Å². The van der Waals surface area contributed by atoms with Gasteiger partial charge < -0.3 is 5.32 Å². The molecule has 1 atom stereocenters. The monoisotopic (exact) mass is 306 g/mol. The highest BCUT2D eigenvalue weighted by Crippen LogP contribution is 2.24. The van der Waals surface area contributed by atoms with Crippen LogP contribution in [-0.4, -0.2) is 26.3 Å². The van der Waals surface area contributed by atoms with Gasteiger partial charge in [-0.3, -0.25) is 4.72 Å². The Kier molecular flexibility index (Phi) is 4.32. The highest BCUT2D eigenvalue weighted by Gasteiger charge is 2.26. The second kappa shape index (κ2) is 5.64. The van der Waals surface area contributed by atoms with Crippen molar-refractivity contribution in [2.75, 3.05) is 11.3 Å². The lowest BCUT2D eigenvalue weighted by Gasteiger charge is -2.16. The molecule has 1 aliphatic carbocycles. The molecule has 0 aromatic heterocycles. The largest absolute Gasteiger partial charge is 0.313 e. The maximum atomic E-state index is 12.9. The van der Waals surface area contributed by atoms with Gasteiger partial charge in [-0.2, -0.15) is 0 Å². The number of anilines is 1. The minimum absolute atomic E-state index is 0.0472. The van der Waals surface area contributed by atoms with Crippen LogP contribution in [0.25, 0.3) is 0 Å². The van der Waals surface area contributed by atoms with Crippen molar-refractivity contribution in [2.45, 2.75) is 31.1 Å². The van der Waals surface area contributed by atoms with Crippen LogP contribution in [0.1, 0.15) is 19.8 Å². The molecule has 1 fully saturated rings. The van der Waals surface area contributed by atoms with E-state index in [0.717, 1.165) is 25.0 Å². The Morgan fingerprint density at radius 2 is 2.16 bits per heavy atom. The molecule has 0 saturated heterocycles. The van der Waals surface area contributed by atoms with E-state index in [0.29, 0.717) is 12.6 Å². The van der Waals surface area contributed by atoms with Crippen molar-refractivity contribution >= 4 is 27.3 Å². The Morgan fingerprint density at radius 1 is 1.47 bits per heavy atom. The first-order chi connectivity index (χ1) is 8.88. The number of hydrogen-bond donors (Lipinski definition) is 2. The van der Waals surface area contributed by atoms with Crippen LogP contribution in [0.4, 0.5) is 10.1 Å². The highest BCUT2D eigenvalue weighted by atomic mass is 35.5. The van der Waals surface area contributed by atoms with Crippen molar-refractivity contribution in [1.29, 1.82) is 0 Å². The second-order valence-corrected chi connectivity index (χ2v) is 7.27. The van der Waals surface area contributed by atoms with Gasteiger partial charge in [0.1, 0.15) is 5.82 Å². The summed E-state index contributed by atoms with van der Waals surface area (Å²) in [4.78, 5) is 0. The average Bonchev–Trinajstić information content (AvgIpc) is 3.13. The van der Waals surface area contributed by atoms with Crippen molar-refractivity contribution in [3.63, 3.8) is 0 Å². The van der Waals surface area contributed by atoms with Gasteiger partial charge >= 0.3 is 0 Å². The molecule has 1 saturated carbocycles. The number of sulfonamides is 1. The van der Waals surface area contributed by atoms with Gasteiger partial charge in [-0.05, 0) is 38.0 Å². The van der Waals surface area contributed by atoms with Crippen LogP contribution < -0.4 is 10.0 Å². The van der Waals surface area contributed by atoms with Crippen LogP contribution in [0.2, 0.25) is 5.02 Å². The molecular weight excluding hydrogens is 291 g/mol. The van der Waals surface area contributed by atoms with E-state index in [1.807, 2.05) is 0 Å². The van der Waals surface area contributed by atoms with Gasteiger partial charge in [0.2, 0.25) is 10.0 Å². The number of rotatable bonds is 6. The molecule has 0 spiro atoms. The molecule has 19 heavy (non-hydrogen) atoms. The molecule has 0 aliphatic heterocycles. The summed E-state index contributed by atoms with van der Waals surface area (Å²) in [6.45, 7) is 2.01. The van der Waals surface area contributed by atoms with E-state index in [4.69, 9.17) is 11.6 Å². The predicted molar refractivity (Wildman–Crippen MR) is 74.4 cm³/mol. The Bertz CT molecular complexity index is 561. The fourth-order valence-corrected chi connectivity index (χ4v) is 2.83. The average molecular weight is 307 g/mol. The zero-order chi connectivity index (χ0) is 14.0. The van der Waals surface area contributed by atoms with Crippen molar-refractivity contribution in [1.82, 2.24) is 5.32 Å². The Labute approximate surface area is 117 Å². The van der Waals surface area contributed by atoms with E-state index >= 15 is 0 Å². The molecule has 1 aromatic rings. The Hall–Kier alpha value is -0.850. The smallest absolute Gasteiger partial charge is 0.236 e. The number of halogens is 2. The molecule has 0 heterocycles. The van der Waals surface area contributed by atoms with E-state index < -0.39 is 21.1 Å². The summed E-state index contributed by atoms with van der Waals surface area (Å²) in [6.07, 6.45) is 2.20. The topological polar surface area (TPSA) is 58.2 Å². The molecule has 1 unspecified atom stereocenters. The Balaban J connectivity index is 2.02. The third-order valence-electron chi connectivity index (χ3n) is 2.98. The van der Waals surface area contributed by atoms with Gasteiger partial charge in [0, 0.05) is 12.6 Å². The van der Waals surface area contributed by atoms with Crippen molar-refractivity contribution < 1.29 is 12.8 Å². The SMILES string of the molecule is CC(CNC1CC1)S(=O)(=O)Nc1ccc(F)cc1Cl. The zero-order valence-corrected chi connectivity index (χ0v) is 12.1. The molecule has 0 bridgehead atoms. The normalized spacial score (nSPS) is 17.2. The predicted octanol–water partition coefficient (Wildman–Crippen LogP) is 2.36. The summed E-state index contributed by atoms with van der Waals surface area (Å²) in [7, 11) is -3.54. The minimum Gasteiger partial charge on any atom is -0.313 e. The lowest BCUT2D eigenvalue weighted by molar-refractivity contribution is 0.576. The second-order valence-electron chi connectivity index (χ2n) is 4.76. The molecular formula is C12H16ClFN2O2S. The van der Waals surface area contributed by atoms with Gasteiger partial charge in [0.25, 0.3) is 0 Å². The molecule has 1 aliphatic rings. The van der Waals surface area contributed by atoms with Crippen molar-refractivity contribution in [3.8, 4) is 0 Å². The highest BCUT2D eigenvalue weighted by molar-refractivity contribution is 7.93. The van der Waals surface area contributed by atoms with Gasteiger partial charge in [0.05, 0.1) is 16.0 Å². The first kappa shape index (κ1) is 14.6. The van der Waals surface area contributed by atoms with Gasteiger partial charge in [-0.25, -0.2) is 12.8 Å². The molecule has 7 heteroatoms. The van der Waals surface area contributed by atoms with Crippen molar-refractivity contribution in [2.24, 2.45) is 0 Å². The molecule has 1 aromatic carbocycles. The lowest BCUT2D eigenvalue weighted by Crippen LogP contribution is -2.35. The van der Waals surface area contributed by atoms with E-state index in [2.05, 4.69) is 10.0 Å². The van der Waals surface area contributed by atoms with Gasteiger partial charge in [-0.1, -0.05) is 11.6 Å². The van der Waals surface area contributed by atoms with Gasteiger partial charge in [0.15, 0.2) is 0 Å². The first-order valence-electron chi connectivity index (χ1n) is 6.08. The molecule has 4 nitrogen and oxygen atoms in total. The molecule has 2 rings (SSSR count). The molecule has 0 amide bonds. The summed E-state index contributed by atoms with van der Waals surface area (Å²) in [6, 6.07) is 4.01. The van der Waals surface area contributed by atoms with Crippen LogP contribution >= 0.6 is 11.6 Å². The standard InChI is InChI=1S/C12H16ClFN2O2S/c1-8(7-15-10-3-4-10)19(17,18)16-12-5-2-9(14)6-11(12)13/h2,5-6,8,10,15-16H,3-4,7H2,1H3. The summed E-state index contributed by atoms with van der Waals surface area (Å²) >= 11 is 5.80. The fourth-order valence-electron chi connectivity index (χ4n) is 1.56. The summed E-state index contributed by atoms with van der Waals surface area (Å²) < 4.78 is 39.4. The third kappa shape index (κ3) is 4.06. The summed E-state index contributed by atoms with van der Waals surface area (Å²) in [5, 5.41) is 2.62. The molecule has 106 valence electrons. The number of benzene rings is 1. The zero-order valence-electron chi connectivity index (χ0n) is 10.5. The quantitative estimate of drug-likeness (QED) is 0.848. The van der Waals surface area contributed by atoms with E-state index in [1.165, 1.54) is 6.07 Å². The molecule has 0 radical (unpaired) electrons. The van der Waals surface area contributed by atoms with E-state index in [-0.39, 0.29) is 10.7 Å². The minimum atomic E-state index is -3.54. The lowest BCUT2D eigenvalue weighted by atomic mass is 10.3. The van der Waals surface area contributed by atoms with Crippen LogP contribution in [0.3, 0.4) is 0 Å². The number of hydrogen-bond acceptors (Lipinski definition) is 3. The summed E-state index contributed by atoms with van der Waals surface area (Å²) in [5.74, 6) is -0.503. The first-order valence-corrected chi connectivity index (χ1v) is 8.01. The maximum Gasteiger partial charge on any atom is 0.236 e. The van der Waals surface area contributed by atoms with Crippen LogP contribution in [0.15, 0.2) is 18.2 Å². The van der Waals surface area contributed by atoms with Crippen molar-refractivity contribution in [3.05, 3.63) is 29.0 Å². The molecule has 2 N–H and O–H groups in total. The summed E-state index contributed by atoms with van der Waals surface area (Å²) in [5.41, 5.74) is 0.196. The van der Waals surface area contributed by atoms with Gasteiger partial charge in [-0.15, -0.1) is 0 Å². The van der Waals surface area contributed by atoms with E-state index in [1.54, 1.807) is 6.92 Å². The maximum absolute atomic E-state index is 12.9. The Morgan fingerprint density at radius 3 is 2.74 bits per heavy atom. The van der Waals surface area contributed by atoms with Crippen LogP contribution in [0.5, 0.6) is 0 Å². The van der Waals surface area contributed by atoms with Crippen LogP contribution in [0, 0.1) is 5.82 Å². The van der Waals surface area contributed by atoms with E-state index in [9.17, 15) is 12.8 Å². The third-order valence-corrected chi connectivity index (χ3v) is 5.03. The fraction of sp³-hybridized carbons (Fsp3) is 0.500.